The molecule has 3 aromatic rings. The number of fused-ring (bicyclic) bond motifs is 2. The maximum absolute atomic E-state index is 13.1. The number of pyridine rings is 1. The Morgan fingerprint density at radius 2 is 1.79 bits per heavy atom. The number of carbonyl (C=O) groups is 1. The molecule has 1 fully saturated rings. The van der Waals surface area contributed by atoms with Gasteiger partial charge in [0, 0.05) is 54.9 Å². The smallest absolute Gasteiger partial charge is 0.393 e. The first kappa shape index (κ1) is 22.7. The molecule has 178 valence electrons. The first-order chi connectivity index (χ1) is 16.3. The minimum absolute atomic E-state index is 0.120. The highest BCUT2D eigenvalue weighted by Gasteiger charge is 2.31. The molecule has 0 atom stereocenters. The molecule has 1 N–H and O–H groups in total. The van der Waals surface area contributed by atoms with Crippen LogP contribution < -0.4 is 0 Å². The molecule has 34 heavy (non-hydrogen) atoms. The minimum Gasteiger partial charge on any atom is -0.507 e. The topological polar surface area (TPSA) is 56.7 Å². The van der Waals surface area contributed by atoms with E-state index in [-0.39, 0.29) is 16.9 Å². The largest absolute Gasteiger partial charge is 0.507 e. The summed E-state index contributed by atoms with van der Waals surface area (Å²) in [5.74, 6) is -0.560. The van der Waals surface area contributed by atoms with Crippen LogP contribution >= 0.6 is 0 Å². The lowest BCUT2D eigenvalue weighted by molar-refractivity contribution is -0.127. The number of rotatable bonds is 3. The predicted octanol–water partition coefficient (Wildman–Crippen LogP) is 4.71. The van der Waals surface area contributed by atoms with E-state index in [1.807, 2.05) is 4.90 Å². The van der Waals surface area contributed by atoms with Gasteiger partial charge < -0.3 is 10.0 Å². The van der Waals surface area contributed by atoms with E-state index in [0.29, 0.717) is 30.2 Å². The highest BCUT2D eigenvalue weighted by atomic mass is 19.4. The van der Waals surface area contributed by atoms with Gasteiger partial charge in [-0.05, 0) is 48.6 Å². The van der Waals surface area contributed by atoms with Crippen molar-refractivity contribution in [2.45, 2.75) is 44.4 Å². The van der Waals surface area contributed by atoms with Gasteiger partial charge in [-0.25, -0.2) is 0 Å². The summed E-state index contributed by atoms with van der Waals surface area (Å²) in [4.78, 5) is 21.5. The average Bonchev–Trinajstić information content (AvgIpc) is 2.84. The van der Waals surface area contributed by atoms with Crippen molar-refractivity contribution in [2.75, 3.05) is 19.6 Å². The van der Waals surface area contributed by atoms with Crippen molar-refractivity contribution in [3.8, 4) is 5.75 Å². The molecule has 0 aliphatic carbocycles. The Balaban J connectivity index is 1.25. The van der Waals surface area contributed by atoms with Crippen molar-refractivity contribution in [2.24, 2.45) is 0 Å². The quantitative estimate of drug-likeness (QED) is 0.604. The van der Waals surface area contributed by atoms with E-state index in [9.17, 15) is 23.1 Å². The first-order valence-electron chi connectivity index (χ1n) is 11.6. The lowest BCUT2D eigenvalue weighted by atomic mass is 9.95. The number of alkyl halides is 3. The Morgan fingerprint density at radius 1 is 1.06 bits per heavy atom. The maximum Gasteiger partial charge on any atom is 0.393 e. The number of aromatic nitrogens is 1. The summed E-state index contributed by atoms with van der Waals surface area (Å²) in [5, 5.41) is 10.5. The van der Waals surface area contributed by atoms with Crippen LogP contribution in [-0.2, 0) is 19.4 Å². The molecule has 2 aliphatic heterocycles. The number of aromatic hydroxyl groups is 1. The molecule has 0 unspecified atom stereocenters. The van der Waals surface area contributed by atoms with Gasteiger partial charge in [0.15, 0.2) is 0 Å². The third-order valence-corrected chi connectivity index (χ3v) is 6.98. The van der Waals surface area contributed by atoms with Crippen molar-refractivity contribution in [3.63, 3.8) is 0 Å². The summed E-state index contributed by atoms with van der Waals surface area (Å²) < 4.78 is 38.2. The fourth-order valence-electron chi connectivity index (χ4n) is 5.14. The Bertz CT molecular complexity index is 1220. The Hall–Kier alpha value is -3.13. The molecule has 5 nitrogen and oxygen atoms in total. The SMILES string of the molecule is O=C(c1ccc2c(O)c(CC(F)(F)F)cnc2c1)N1CCC(N2CCc3ccccc3C2)CC1. The number of carbonyl (C=O) groups excluding carboxylic acids is 1. The summed E-state index contributed by atoms with van der Waals surface area (Å²) >= 11 is 0. The second-order valence-electron chi connectivity index (χ2n) is 9.17. The zero-order chi connectivity index (χ0) is 23.9. The van der Waals surface area contributed by atoms with E-state index in [0.717, 1.165) is 38.5 Å². The Kier molecular flexibility index (Phi) is 5.93. The van der Waals surface area contributed by atoms with Gasteiger partial charge >= 0.3 is 6.18 Å². The van der Waals surface area contributed by atoms with Crippen molar-refractivity contribution in [1.82, 2.24) is 14.8 Å². The van der Waals surface area contributed by atoms with Crippen LogP contribution in [-0.4, -0.2) is 57.6 Å². The number of piperidine rings is 1. The number of hydrogen-bond donors (Lipinski definition) is 1. The molecule has 0 radical (unpaired) electrons. The van der Waals surface area contributed by atoms with Crippen LogP contribution in [0, 0.1) is 0 Å². The third-order valence-electron chi connectivity index (χ3n) is 6.98. The standard InChI is InChI=1S/C26H26F3N3O2/c27-26(28,29)14-20-15-30-23-13-18(5-6-22(23)24(20)33)25(34)31-11-8-21(9-12-31)32-10-7-17-3-1-2-4-19(17)16-32/h1-6,13,15,21H,7-12,14,16H2,(H,30,33). The lowest BCUT2D eigenvalue weighted by Gasteiger charge is -2.40. The summed E-state index contributed by atoms with van der Waals surface area (Å²) in [6.45, 7) is 3.29. The highest BCUT2D eigenvalue weighted by Crippen LogP contribution is 2.32. The fraction of sp³-hybridized carbons (Fsp3) is 0.385. The number of hydrogen-bond acceptors (Lipinski definition) is 4. The van der Waals surface area contributed by atoms with Gasteiger partial charge in [0.2, 0.25) is 0 Å². The van der Waals surface area contributed by atoms with Crippen LogP contribution in [0.1, 0.15) is 39.9 Å². The van der Waals surface area contributed by atoms with Gasteiger partial charge in [-0.1, -0.05) is 24.3 Å². The van der Waals surface area contributed by atoms with Crippen molar-refractivity contribution in [1.29, 1.82) is 0 Å². The van der Waals surface area contributed by atoms with Gasteiger partial charge in [0.05, 0.1) is 11.9 Å². The molecular weight excluding hydrogens is 443 g/mol. The molecular formula is C26H26F3N3O2. The summed E-state index contributed by atoms with van der Waals surface area (Å²) in [5.41, 5.74) is 3.26. The van der Waals surface area contributed by atoms with Gasteiger partial charge in [0.1, 0.15) is 5.75 Å². The van der Waals surface area contributed by atoms with Gasteiger partial charge in [-0.15, -0.1) is 0 Å². The van der Waals surface area contributed by atoms with Crippen LogP contribution in [0.3, 0.4) is 0 Å². The third kappa shape index (κ3) is 4.59. The zero-order valence-corrected chi connectivity index (χ0v) is 18.7. The maximum atomic E-state index is 13.1. The first-order valence-corrected chi connectivity index (χ1v) is 11.6. The van der Waals surface area contributed by atoms with E-state index in [4.69, 9.17) is 0 Å². The fourth-order valence-corrected chi connectivity index (χ4v) is 5.14. The van der Waals surface area contributed by atoms with E-state index in [1.54, 1.807) is 12.1 Å². The van der Waals surface area contributed by atoms with Crippen molar-refractivity contribution < 1.29 is 23.1 Å². The second kappa shape index (κ2) is 8.91. The number of amides is 1. The molecule has 1 saturated heterocycles. The molecule has 0 saturated carbocycles. The van der Waals surface area contributed by atoms with E-state index in [1.165, 1.54) is 17.2 Å². The number of likely N-dealkylation sites (tertiary alicyclic amines) is 1. The minimum atomic E-state index is -4.44. The molecule has 1 amide bonds. The summed E-state index contributed by atoms with van der Waals surface area (Å²) in [7, 11) is 0. The molecule has 8 heteroatoms. The van der Waals surface area contributed by atoms with Gasteiger partial charge in [-0.2, -0.15) is 13.2 Å². The van der Waals surface area contributed by atoms with Crippen LogP contribution in [0.2, 0.25) is 0 Å². The predicted molar refractivity (Wildman–Crippen MR) is 123 cm³/mol. The summed E-state index contributed by atoms with van der Waals surface area (Å²) in [6, 6.07) is 13.6. The number of benzene rings is 2. The van der Waals surface area contributed by atoms with E-state index in [2.05, 4.69) is 34.1 Å². The van der Waals surface area contributed by atoms with Crippen molar-refractivity contribution in [3.05, 3.63) is 70.9 Å². The molecule has 5 rings (SSSR count). The van der Waals surface area contributed by atoms with Crippen LogP contribution in [0.4, 0.5) is 13.2 Å². The van der Waals surface area contributed by atoms with E-state index < -0.39 is 18.3 Å². The monoisotopic (exact) mass is 469 g/mol. The highest BCUT2D eigenvalue weighted by molar-refractivity contribution is 5.99. The molecule has 3 heterocycles. The van der Waals surface area contributed by atoms with Crippen LogP contribution in [0.25, 0.3) is 10.9 Å². The van der Waals surface area contributed by atoms with Crippen molar-refractivity contribution >= 4 is 16.8 Å². The number of nitrogens with zero attached hydrogens (tertiary/aromatic N) is 3. The average molecular weight is 470 g/mol. The Labute approximate surface area is 195 Å². The Morgan fingerprint density at radius 3 is 2.53 bits per heavy atom. The molecule has 2 aromatic carbocycles. The van der Waals surface area contributed by atoms with Gasteiger partial charge in [-0.3, -0.25) is 14.7 Å². The van der Waals surface area contributed by atoms with E-state index >= 15 is 0 Å². The molecule has 2 aliphatic rings. The lowest BCUT2D eigenvalue weighted by Crippen LogP contribution is -2.48. The molecule has 1 aromatic heterocycles. The van der Waals surface area contributed by atoms with Crippen LogP contribution in [0.5, 0.6) is 5.75 Å². The molecule has 0 spiro atoms. The number of halogens is 3. The van der Waals surface area contributed by atoms with Gasteiger partial charge in [0.25, 0.3) is 5.91 Å². The zero-order valence-electron chi connectivity index (χ0n) is 18.7. The molecule has 0 bridgehead atoms. The van der Waals surface area contributed by atoms with Crippen LogP contribution in [0.15, 0.2) is 48.7 Å². The summed E-state index contributed by atoms with van der Waals surface area (Å²) in [6.07, 6.45) is -1.80. The second-order valence-corrected chi connectivity index (χ2v) is 9.17. The normalized spacial score (nSPS) is 17.7.